The van der Waals surface area contributed by atoms with E-state index in [-0.39, 0.29) is 5.91 Å². The number of alkyl halides is 1. The van der Waals surface area contributed by atoms with E-state index in [2.05, 4.69) is 26.3 Å². The van der Waals surface area contributed by atoms with Crippen LogP contribution in [-0.4, -0.2) is 26.6 Å². The number of carbonyl (C=O) groups excluding carboxylic acids is 1. The van der Waals surface area contributed by atoms with Gasteiger partial charge in [-0.15, -0.1) is 0 Å². The van der Waals surface area contributed by atoms with Crippen molar-refractivity contribution >= 4 is 21.8 Å². The Morgan fingerprint density at radius 1 is 1.67 bits per heavy atom. The second-order valence-electron chi connectivity index (χ2n) is 3.96. The molecule has 0 bridgehead atoms. The summed E-state index contributed by atoms with van der Waals surface area (Å²) in [5.74, 6) is -0.00145. The van der Waals surface area contributed by atoms with Crippen LogP contribution in [0.15, 0.2) is 12.3 Å². The molecule has 0 aliphatic heterocycles. The third kappa shape index (κ3) is 4.03. The highest BCUT2D eigenvalue weighted by atomic mass is 79.9. The third-order valence-corrected chi connectivity index (χ3v) is 2.34. The first-order chi connectivity index (χ1) is 6.89. The lowest BCUT2D eigenvalue weighted by atomic mass is 10.2. The third-order valence-electron chi connectivity index (χ3n) is 1.98. The Labute approximate surface area is 98.2 Å². The highest BCUT2D eigenvalue weighted by Crippen LogP contribution is 2.14. The van der Waals surface area contributed by atoms with Gasteiger partial charge in [-0.1, -0.05) is 15.9 Å². The Kier molecular flexibility index (Phi) is 3.90. The molecule has 0 aliphatic carbocycles. The molecule has 1 heterocycles. The first-order valence-corrected chi connectivity index (χ1v) is 5.64. The average Bonchev–Trinajstić information content (AvgIpc) is 2.49. The van der Waals surface area contributed by atoms with Crippen molar-refractivity contribution in [3.05, 3.63) is 18.0 Å². The number of hydrogen-bond donors (Lipinski definition) is 1. The zero-order chi connectivity index (χ0) is 11.5. The molecule has 0 aromatic carbocycles. The van der Waals surface area contributed by atoms with E-state index in [0.29, 0.717) is 6.54 Å². The topological polar surface area (TPSA) is 46.9 Å². The van der Waals surface area contributed by atoms with E-state index in [1.807, 2.05) is 33.2 Å². The van der Waals surface area contributed by atoms with Crippen molar-refractivity contribution in [1.82, 2.24) is 15.1 Å². The standard InChI is InChI=1S/C10H16BrN3O/c1-10(2,11)9(15)12-6-4-8-5-7-14(3)13-8/h5,7H,4,6H2,1-3H3,(H,12,15). The summed E-state index contributed by atoms with van der Waals surface area (Å²) in [6.45, 7) is 4.26. The minimum Gasteiger partial charge on any atom is -0.355 e. The summed E-state index contributed by atoms with van der Waals surface area (Å²) in [7, 11) is 1.88. The number of nitrogens with one attached hydrogen (secondary N) is 1. The van der Waals surface area contributed by atoms with Gasteiger partial charge in [0.25, 0.3) is 0 Å². The summed E-state index contributed by atoms with van der Waals surface area (Å²) in [6.07, 6.45) is 2.65. The van der Waals surface area contributed by atoms with Gasteiger partial charge in [-0.05, 0) is 19.9 Å². The molecule has 1 aromatic rings. The molecule has 0 unspecified atom stereocenters. The highest BCUT2D eigenvalue weighted by molar-refractivity contribution is 9.10. The zero-order valence-corrected chi connectivity index (χ0v) is 10.8. The van der Waals surface area contributed by atoms with Crippen LogP contribution in [0.25, 0.3) is 0 Å². The number of hydrogen-bond acceptors (Lipinski definition) is 2. The number of aromatic nitrogens is 2. The smallest absolute Gasteiger partial charge is 0.236 e. The predicted octanol–water partition coefficient (Wildman–Crippen LogP) is 1.25. The quantitative estimate of drug-likeness (QED) is 0.840. The van der Waals surface area contributed by atoms with Crippen LogP contribution in [-0.2, 0) is 18.3 Å². The number of halogens is 1. The van der Waals surface area contributed by atoms with Gasteiger partial charge in [0.05, 0.1) is 10.0 Å². The lowest BCUT2D eigenvalue weighted by molar-refractivity contribution is -0.122. The molecule has 1 aromatic heterocycles. The minimum absolute atomic E-state index is 0.00145. The number of carbonyl (C=O) groups is 1. The average molecular weight is 274 g/mol. The first-order valence-electron chi connectivity index (χ1n) is 4.85. The molecule has 0 radical (unpaired) electrons. The Morgan fingerprint density at radius 2 is 2.33 bits per heavy atom. The van der Waals surface area contributed by atoms with E-state index in [9.17, 15) is 4.79 Å². The molecule has 0 fully saturated rings. The number of amides is 1. The number of nitrogens with zero attached hydrogens (tertiary/aromatic N) is 2. The Morgan fingerprint density at radius 3 is 2.80 bits per heavy atom. The second-order valence-corrected chi connectivity index (χ2v) is 5.94. The molecule has 1 amide bonds. The maximum atomic E-state index is 11.5. The zero-order valence-electron chi connectivity index (χ0n) is 9.25. The number of rotatable bonds is 4. The Hall–Kier alpha value is -0.840. The van der Waals surface area contributed by atoms with Crippen LogP contribution in [0.4, 0.5) is 0 Å². The molecule has 0 atom stereocenters. The van der Waals surface area contributed by atoms with Crippen LogP contribution < -0.4 is 5.32 Å². The van der Waals surface area contributed by atoms with Gasteiger partial charge in [-0.2, -0.15) is 5.10 Å². The molecular weight excluding hydrogens is 258 g/mol. The monoisotopic (exact) mass is 273 g/mol. The van der Waals surface area contributed by atoms with E-state index >= 15 is 0 Å². The fourth-order valence-electron chi connectivity index (χ4n) is 1.11. The van der Waals surface area contributed by atoms with E-state index < -0.39 is 4.32 Å². The molecule has 15 heavy (non-hydrogen) atoms. The Bertz CT molecular complexity index is 341. The largest absolute Gasteiger partial charge is 0.355 e. The first kappa shape index (κ1) is 12.2. The molecule has 84 valence electrons. The summed E-state index contributed by atoms with van der Waals surface area (Å²) in [4.78, 5) is 11.5. The molecule has 0 spiro atoms. The summed E-state index contributed by atoms with van der Waals surface area (Å²) < 4.78 is 1.25. The molecule has 0 saturated heterocycles. The van der Waals surface area contributed by atoms with Gasteiger partial charge >= 0.3 is 0 Å². The van der Waals surface area contributed by atoms with Crippen molar-refractivity contribution < 1.29 is 4.79 Å². The Balaban J connectivity index is 2.31. The summed E-state index contributed by atoms with van der Waals surface area (Å²) in [6, 6.07) is 1.95. The fraction of sp³-hybridized carbons (Fsp3) is 0.600. The van der Waals surface area contributed by atoms with Gasteiger partial charge in [0.2, 0.25) is 5.91 Å². The van der Waals surface area contributed by atoms with Gasteiger partial charge in [0.1, 0.15) is 0 Å². The summed E-state index contributed by atoms with van der Waals surface area (Å²) in [5.41, 5.74) is 0.991. The van der Waals surface area contributed by atoms with Crippen molar-refractivity contribution in [3.8, 4) is 0 Å². The second kappa shape index (κ2) is 4.79. The lowest BCUT2D eigenvalue weighted by Gasteiger charge is -2.15. The van der Waals surface area contributed by atoms with E-state index in [0.717, 1.165) is 12.1 Å². The highest BCUT2D eigenvalue weighted by Gasteiger charge is 2.22. The predicted molar refractivity (Wildman–Crippen MR) is 62.9 cm³/mol. The maximum Gasteiger partial charge on any atom is 0.236 e. The molecular formula is C10H16BrN3O. The fourth-order valence-corrected chi connectivity index (χ4v) is 1.25. The van der Waals surface area contributed by atoms with Crippen molar-refractivity contribution in [2.45, 2.75) is 24.6 Å². The van der Waals surface area contributed by atoms with E-state index in [4.69, 9.17) is 0 Å². The number of aryl methyl sites for hydroxylation is 1. The lowest BCUT2D eigenvalue weighted by Crippen LogP contribution is -2.38. The van der Waals surface area contributed by atoms with Gasteiger partial charge in [-0.25, -0.2) is 0 Å². The molecule has 0 aliphatic rings. The van der Waals surface area contributed by atoms with Gasteiger partial charge < -0.3 is 5.32 Å². The van der Waals surface area contributed by atoms with Crippen molar-refractivity contribution in [3.63, 3.8) is 0 Å². The normalized spacial score (nSPS) is 11.5. The molecule has 5 heteroatoms. The van der Waals surface area contributed by atoms with Gasteiger partial charge in [0, 0.05) is 26.2 Å². The summed E-state index contributed by atoms with van der Waals surface area (Å²) >= 11 is 3.30. The molecule has 1 N–H and O–H groups in total. The van der Waals surface area contributed by atoms with E-state index in [1.54, 1.807) is 4.68 Å². The van der Waals surface area contributed by atoms with Crippen molar-refractivity contribution in [2.75, 3.05) is 6.54 Å². The van der Waals surface area contributed by atoms with Crippen LogP contribution in [0.2, 0.25) is 0 Å². The van der Waals surface area contributed by atoms with Crippen molar-refractivity contribution in [2.24, 2.45) is 7.05 Å². The van der Waals surface area contributed by atoms with E-state index in [1.165, 1.54) is 0 Å². The van der Waals surface area contributed by atoms with Crippen LogP contribution >= 0.6 is 15.9 Å². The summed E-state index contributed by atoms with van der Waals surface area (Å²) in [5, 5.41) is 7.07. The molecule has 1 rings (SSSR count). The SMILES string of the molecule is Cn1ccc(CCNC(=O)C(C)(C)Br)n1. The molecule has 4 nitrogen and oxygen atoms in total. The van der Waals surface area contributed by atoms with Crippen LogP contribution in [0.1, 0.15) is 19.5 Å². The van der Waals surface area contributed by atoms with Gasteiger partial charge in [-0.3, -0.25) is 9.48 Å². The van der Waals surface area contributed by atoms with Crippen molar-refractivity contribution in [1.29, 1.82) is 0 Å². The van der Waals surface area contributed by atoms with Crippen LogP contribution in [0.5, 0.6) is 0 Å². The minimum atomic E-state index is -0.503. The molecule has 0 saturated carbocycles. The van der Waals surface area contributed by atoms with Crippen LogP contribution in [0.3, 0.4) is 0 Å². The van der Waals surface area contributed by atoms with Gasteiger partial charge in [0.15, 0.2) is 0 Å². The van der Waals surface area contributed by atoms with Crippen LogP contribution in [0, 0.1) is 0 Å². The maximum absolute atomic E-state index is 11.5.